The van der Waals surface area contributed by atoms with Crippen molar-refractivity contribution in [2.24, 2.45) is 0 Å². The number of aromatic nitrogens is 6. The first kappa shape index (κ1) is 21.1. The Kier molecular flexibility index (Phi) is 6.63. The van der Waals surface area contributed by atoms with Crippen LogP contribution in [0.1, 0.15) is 28.2 Å². The molecule has 4 aromatic rings. The number of amides is 1. The molecular formula is C20H18FN7OS2. The zero-order valence-electron chi connectivity index (χ0n) is 16.5. The minimum Gasteiger partial charge on any atom is -0.320 e. The third-order valence-corrected chi connectivity index (χ3v) is 6.27. The predicted octanol–water partition coefficient (Wildman–Crippen LogP) is 4.29. The summed E-state index contributed by atoms with van der Waals surface area (Å²) in [5, 5.41) is 21.2. The minimum absolute atomic E-state index is 0.243. The van der Waals surface area contributed by atoms with Gasteiger partial charge in [-0.05, 0) is 42.8 Å². The fourth-order valence-electron chi connectivity index (χ4n) is 2.78. The second-order valence-corrected chi connectivity index (χ2v) is 8.45. The van der Waals surface area contributed by atoms with Gasteiger partial charge in [-0.3, -0.25) is 9.78 Å². The van der Waals surface area contributed by atoms with Crippen LogP contribution in [0, 0.1) is 5.82 Å². The molecule has 0 unspecified atom stereocenters. The summed E-state index contributed by atoms with van der Waals surface area (Å²) >= 11 is 2.70. The number of carbonyl (C=O) groups is 1. The van der Waals surface area contributed by atoms with Crippen molar-refractivity contribution in [3.63, 3.8) is 0 Å². The monoisotopic (exact) mass is 455 g/mol. The van der Waals surface area contributed by atoms with Gasteiger partial charge in [-0.15, -0.1) is 20.4 Å². The van der Waals surface area contributed by atoms with Crippen molar-refractivity contribution < 1.29 is 9.18 Å². The molecule has 3 heterocycles. The lowest BCUT2D eigenvalue weighted by atomic mass is 10.2. The number of hydrogen-bond acceptors (Lipinski definition) is 8. The molecule has 1 amide bonds. The molecule has 11 heteroatoms. The van der Waals surface area contributed by atoms with Crippen LogP contribution >= 0.6 is 23.1 Å². The molecule has 0 fully saturated rings. The maximum absolute atomic E-state index is 13.0. The van der Waals surface area contributed by atoms with Crippen molar-refractivity contribution in [3.8, 4) is 11.4 Å². The van der Waals surface area contributed by atoms with E-state index in [1.807, 2.05) is 12.1 Å². The highest BCUT2D eigenvalue weighted by atomic mass is 32.2. The Hall–Kier alpha value is -3.18. The van der Waals surface area contributed by atoms with Crippen molar-refractivity contribution in [2.75, 3.05) is 5.32 Å². The van der Waals surface area contributed by atoms with Crippen LogP contribution in [0.4, 0.5) is 10.1 Å². The van der Waals surface area contributed by atoms with Crippen molar-refractivity contribution in [1.82, 2.24) is 29.9 Å². The Morgan fingerprint density at radius 1 is 1.10 bits per heavy atom. The molecule has 0 atom stereocenters. The zero-order valence-corrected chi connectivity index (χ0v) is 18.2. The molecule has 0 spiro atoms. The summed E-state index contributed by atoms with van der Waals surface area (Å²) in [7, 11) is 0. The third-order valence-electron chi connectivity index (χ3n) is 4.19. The summed E-state index contributed by atoms with van der Waals surface area (Å²) in [6.07, 6.45) is 4.40. The summed E-state index contributed by atoms with van der Waals surface area (Å²) in [4.78, 5) is 16.4. The normalized spacial score (nSPS) is 10.9. The zero-order chi connectivity index (χ0) is 21.6. The van der Waals surface area contributed by atoms with E-state index >= 15 is 0 Å². The number of nitrogens with one attached hydrogen (secondary N) is 1. The molecule has 0 saturated heterocycles. The van der Waals surface area contributed by atoms with Gasteiger partial charge in [0.25, 0.3) is 5.91 Å². The number of rotatable bonds is 8. The first-order valence-electron chi connectivity index (χ1n) is 9.49. The Morgan fingerprint density at radius 2 is 1.87 bits per heavy atom. The molecule has 0 radical (unpaired) electrons. The second kappa shape index (κ2) is 9.75. The van der Waals surface area contributed by atoms with Crippen LogP contribution in [-0.4, -0.2) is 35.9 Å². The fraction of sp³-hybridized carbons (Fsp3) is 0.200. The van der Waals surface area contributed by atoms with Gasteiger partial charge in [0.1, 0.15) is 10.8 Å². The maximum atomic E-state index is 13.0. The largest absolute Gasteiger partial charge is 0.320 e. The molecule has 0 aliphatic rings. The standard InChI is InChI=1S/C20H18FN7OS2/c1-2-11-28-17(13-7-9-22-10-8-13)25-27-20(28)30-12-16-24-26-19(31-16)18(29)23-15-5-3-14(21)4-6-15/h3-10H,2,11-12H2,1H3,(H,23,29). The SMILES string of the molecule is CCCn1c(SCc2nnc(C(=O)Nc3ccc(F)cc3)s2)nnc1-c1ccncc1. The number of pyridine rings is 1. The van der Waals surface area contributed by atoms with E-state index in [2.05, 4.69) is 42.2 Å². The quantitative estimate of drug-likeness (QED) is 0.396. The fourth-order valence-corrected chi connectivity index (χ4v) is 4.47. The van der Waals surface area contributed by atoms with Gasteiger partial charge in [-0.1, -0.05) is 30.0 Å². The van der Waals surface area contributed by atoms with E-state index in [9.17, 15) is 9.18 Å². The van der Waals surface area contributed by atoms with E-state index in [1.165, 1.54) is 47.4 Å². The van der Waals surface area contributed by atoms with Gasteiger partial charge in [-0.2, -0.15) is 0 Å². The summed E-state index contributed by atoms with van der Waals surface area (Å²) in [6, 6.07) is 9.36. The van der Waals surface area contributed by atoms with Crippen molar-refractivity contribution in [1.29, 1.82) is 0 Å². The van der Waals surface area contributed by atoms with E-state index in [1.54, 1.807) is 12.4 Å². The number of carbonyl (C=O) groups excluding carboxylic acids is 1. The number of hydrogen-bond donors (Lipinski definition) is 1. The van der Waals surface area contributed by atoms with Gasteiger partial charge in [-0.25, -0.2) is 4.39 Å². The van der Waals surface area contributed by atoms with Gasteiger partial charge < -0.3 is 9.88 Å². The van der Waals surface area contributed by atoms with Crippen molar-refractivity contribution in [2.45, 2.75) is 30.8 Å². The van der Waals surface area contributed by atoms with Gasteiger partial charge in [0.2, 0.25) is 5.01 Å². The molecular weight excluding hydrogens is 437 g/mol. The van der Waals surface area contributed by atoms with Gasteiger partial charge >= 0.3 is 0 Å². The third kappa shape index (κ3) is 5.12. The van der Waals surface area contributed by atoms with Crippen LogP contribution in [0.25, 0.3) is 11.4 Å². The predicted molar refractivity (Wildman–Crippen MR) is 117 cm³/mol. The molecule has 1 aromatic carbocycles. The molecule has 0 aliphatic heterocycles. The minimum atomic E-state index is -0.380. The molecule has 0 saturated carbocycles. The highest BCUT2D eigenvalue weighted by molar-refractivity contribution is 7.98. The molecule has 4 rings (SSSR count). The summed E-state index contributed by atoms with van der Waals surface area (Å²) in [5.74, 6) is 0.564. The Balaban J connectivity index is 1.43. The van der Waals surface area contributed by atoms with E-state index < -0.39 is 0 Å². The van der Waals surface area contributed by atoms with Crippen LogP contribution in [0.15, 0.2) is 53.9 Å². The van der Waals surface area contributed by atoms with Gasteiger partial charge in [0, 0.05) is 30.2 Å². The number of halogens is 1. The van der Waals surface area contributed by atoms with Crippen molar-refractivity contribution in [3.05, 3.63) is 64.6 Å². The van der Waals surface area contributed by atoms with Gasteiger partial charge in [0.05, 0.1) is 5.75 Å². The smallest absolute Gasteiger partial charge is 0.286 e. The van der Waals surface area contributed by atoms with Crippen LogP contribution in [0.5, 0.6) is 0 Å². The average molecular weight is 456 g/mol. The summed E-state index contributed by atoms with van der Waals surface area (Å²) < 4.78 is 15.1. The Bertz CT molecular complexity index is 1160. The summed E-state index contributed by atoms with van der Waals surface area (Å²) in [6.45, 7) is 2.88. The van der Waals surface area contributed by atoms with E-state index in [0.29, 0.717) is 16.4 Å². The number of anilines is 1. The first-order valence-corrected chi connectivity index (χ1v) is 11.3. The van der Waals surface area contributed by atoms with E-state index in [0.717, 1.165) is 29.5 Å². The Morgan fingerprint density at radius 3 is 2.61 bits per heavy atom. The van der Waals surface area contributed by atoms with Gasteiger partial charge in [0.15, 0.2) is 11.0 Å². The molecule has 3 aromatic heterocycles. The van der Waals surface area contributed by atoms with Crippen LogP contribution in [0.2, 0.25) is 0 Å². The lowest BCUT2D eigenvalue weighted by Gasteiger charge is -2.08. The molecule has 0 aliphatic carbocycles. The topological polar surface area (TPSA) is 98.5 Å². The lowest BCUT2D eigenvalue weighted by molar-refractivity contribution is 0.102. The highest BCUT2D eigenvalue weighted by Crippen LogP contribution is 2.27. The van der Waals surface area contributed by atoms with Crippen molar-refractivity contribution >= 4 is 34.7 Å². The first-order chi connectivity index (χ1) is 15.1. The van der Waals surface area contributed by atoms with Crippen LogP contribution in [-0.2, 0) is 12.3 Å². The molecule has 31 heavy (non-hydrogen) atoms. The van der Waals surface area contributed by atoms with E-state index in [-0.39, 0.29) is 16.7 Å². The maximum Gasteiger partial charge on any atom is 0.286 e. The van der Waals surface area contributed by atoms with Crippen LogP contribution in [0.3, 0.4) is 0 Å². The molecule has 158 valence electrons. The highest BCUT2D eigenvalue weighted by Gasteiger charge is 2.17. The number of benzene rings is 1. The number of nitrogens with zero attached hydrogens (tertiary/aromatic N) is 6. The molecule has 1 N–H and O–H groups in total. The molecule has 0 bridgehead atoms. The average Bonchev–Trinajstić information content (AvgIpc) is 3.42. The number of thioether (sulfide) groups is 1. The van der Waals surface area contributed by atoms with E-state index in [4.69, 9.17) is 0 Å². The second-order valence-electron chi connectivity index (χ2n) is 6.44. The lowest BCUT2D eigenvalue weighted by Crippen LogP contribution is -2.11. The Labute approximate surface area is 186 Å². The van der Waals surface area contributed by atoms with Crippen LogP contribution < -0.4 is 5.32 Å². The summed E-state index contributed by atoms with van der Waals surface area (Å²) in [5.41, 5.74) is 1.45. The molecule has 8 nitrogen and oxygen atoms in total.